The van der Waals surface area contributed by atoms with Crippen molar-refractivity contribution in [2.45, 2.75) is 18.0 Å². The second-order valence-corrected chi connectivity index (χ2v) is 6.44. The molecule has 2 aromatic carbocycles. The number of rotatable bonds is 4. The van der Waals surface area contributed by atoms with Crippen LogP contribution in [0.4, 0.5) is 18.9 Å². The summed E-state index contributed by atoms with van der Waals surface area (Å²) in [5.74, 6) is -0.204. The van der Waals surface area contributed by atoms with Crippen LogP contribution in [0.3, 0.4) is 0 Å². The molecule has 0 aromatic heterocycles. The Kier molecular flexibility index (Phi) is 4.46. The SMILES string of the molecule is CC(=O)c1ccc(S(=O)(=O)Nc2ccc(C(F)(F)F)cc2)cc1. The van der Waals surface area contributed by atoms with Gasteiger partial charge in [-0.2, -0.15) is 13.2 Å². The van der Waals surface area contributed by atoms with Gasteiger partial charge in [-0.25, -0.2) is 8.42 Å². The monoisotopic (exact) mass is 343 g/mol. The summed E-state index contributed by atoms with van der Waals surface area (Å²) in [6.07, 6.45) is -4.49. The molecule has 0 fully saturated rings. The maximum Gasteiger partial charge on any atom is 0.416 e. The Balaban J connectivity index is 2.22. The van der Waals surface area contributed by atoms with E-state index < -0.39 is 21.8 Å². The first kappa shape index (κ1) is 17.0. The lowest BCUT2D eigenvalue weighted by atomic mass is 10.2. The first-order chi connectivity index (χ1) is 10.6. The zero-order valence-corrected chi connectivity index (χ0v) is 12.7. The van der Waals surface area contributed by atoms with Crippen molar-refractivity contribution in [3.05, 3.63) is 59.7 Å². The molecule has 0 bridgehead atoms. The fourth-order valence-electron chi connectivity index (χ4n) is 1.81. The lowest BCUT2D eigenvalue weighted by molar-refractivity contribution is -0.137. The number of Topliss-reactive ketones (excluding diaryl/α,β-unsaturated/α-hetero) is 1. The standard InChI is InChI=1S/C15H12F3NO3S/c1-10(20)11-2-8-14(9-3-11)23(21,22)19-13-6-4-12(5-7-13)15(16,17)18/h2-9,19H,1H3. The predicted octanol–water partition coefficient (Wildman–Crippen LogP) is 3.71. The number of carbonyl (C=O) groups is 1. The minimum absolute atomic E-state index is 0.00800. The number of nitrogens with one attached hydrogen (secondary N) is 1. The van der Waals surface area contributed by atoms with Gasteiger partial charge in [0.2, 0.25) is 0 Å². The zero-order valence-electron chi connectivity index (χ0n) is 11.9. The maximum absolute atomic E-state index is 12.5. The highest BCUT2D eigenvalue weighted by molar-refractivity contribution is 7.92. The highest BCUT2D eigenvalue weighted by Gasteiger charge is 2.30. The lowest BCUT2D eigenvalue weighted by Gasteiger charge is -2.10. The second-order valence-electron chi connectivity index (χ2n) is 4.76. The van der Waals surface area contributed by atoms with Crippen LogP contribution in [0, 0.1) is 0 Å². The molecule has 2 aromatic rings. The van der Waals surface area contributed by atoms with Crippen molar-refractivity contribution in [1.29, 1.82) is 0 Å². The van der Waals surface area contributed by atoms with E-state index in [1.54, 1.807) is 0 Å². The number of hydrogen-bond acceptors (Lipinski definition) is 3. The summed E-state index contributed by atoms with van der Waals surface area (Å²) in [5, 5.41) is 0. The van der Waals surface area contributed by atoms with Crippen LogP contribution >= 0.6 is 0 Å². The molecule has 122 valence electrons. The molecule has 0 aliphatic heterocycles. The zero-order chi connectivity index (χ0) is 17.3. The van der Waals surface area contributed by atoms with Crippen LogP contribution in [-0.2, 0) is 16.2 Å². The van der Waals surface area contributed by atoms with Crippen molar-refractivity contribution in [3.8, 4) is 0 Å². The van der Waals surface area contributed by atoms with Gasteiger partial charge in [0.15, 0.2) is 5.78 Å². The van der Waals surface area contributed by atoms with Crippen LogP contribution in [0.15, 0.2) is 53.4 Å². The third-order valence-electron chi connectivity index (χ3n) is 3.04. The molecular formula is C15H12F3NO3S. The number of anilines is 1. The van der Waals surface area contributed by atoms with Gasteiger partial charge in [0.1, 0.15) is 0 Å². The van der Waals surface area contributed by atoms with Gasteiger partial charge < -0.3 is 0 Å². The van der Waals surface area contributed by atoms with Crippen LogP contribution < -0.4 is 4.72 Å². The molecule has 0 atom stereocenters. The van der Waals surface area contributed by atoms with Crippen molar-refractivity contribution in [2.24, 2.45) is 0 Å². The Bertz CT molecular complexity index is 811. The van der Waals surface area contributed by atoms with E-state index in [0.717, 1.165) is 24.3 Å². The van der Waals surface area contributed by atoms with Crippen LogP contribution in [0.2, 0.25) is 0 Å². The fraction of sp³-hybridized carbons (Fsp3) is 0.133. The van der Waals surface area contributed by atoms with Crippen LogP contribution in [0.5, 0.6) is 0 Å². The van der Waals surface area contributed by atoms with Crippen molar-refractivity contribution in [2.75, 3.05) is 4.72 Å². The minimum atomic E-state index is -4.49. The minimum Gasteiger partial charge on any atom is -0.295 e. The van der Waals surface area contributed by atoms with E-state index >= 15 is 0 Å². The number of hydrogen-bond donors (Lipinski definition) is 1. The van der Waals surface area contributed by atoms with Crippen LogP contribution in [0.25, 0.3) is 0 Å². The van der Waals surface area contributed by atoms with Gasteiger partial charge >= 0.3 is 6.18 Å². The summed E-state index contributed by atoms with van der Waals surface area (Å²) in [6, 6.07) is 8.88. The lowest BCUT2D eigenvalue weighted by Crippen LogP contribution is -2.13. The van der Waals surface area contributed by atoms with E-state index in [-0.39, 0.29) is 16.4 Å². The Labute approximate surface area is 131 Å². The van der Waals surface area contributed by atoms with Crippen molar-refractivity contribution >= 4 is 21.5 Å². The molecule has 0 saturated heterocycles. The van der Waals surface area contributed by atoms with Gasteiger partial charge in [0.05, 0.1) is 10.5 Å². The molecular weight excluding hydrogens is 331 g/mol. The van der Waals surface area contributed by atoms with Crippen LogP contribution in [-0.4, -0.2) is 14.2 Å². The third-order valence-corrected chi connectivity index (χ3v) is 4.43. The molecule has 8 heteroatoms. The number of sulfonamides is 1. The third kappa shape index (κ3) is 4.10. The molecule has 0 radical (unpaired) electrons. The Morgan fingerprint density at radius 3 is 1.91 bits per heavy atom. The average molecular weight is 343 g/mol. The molecule has 4 nitrogen and oxygen atoms in total. The second kappa shape index (κ2) is 6.04. The summed E-state index contributed by atoms with van der Waals surface area (Å²) in [5.41, 5.74) is -0.501. The van der Waals surface area contributed by atoms with E-state index in [1.807, 2.05) is 0 Å². The maximum atomic E-state index is 12.5. The van der Waals surface area contributed by atoms with Crippen molar-refractivity contribution < 1.29 is 26.4 Å². The fourth-order valence-corrected chi connectivity index (χ4v) is 2.87. The number of carbonyl (C=O) groups excluding carboxylic acids is 1. The number of benzene rings is 2. The molecule has 1 N–H and O–H groups in total. The van der Waals surface area contributed by atoms with Gasteiger partial charge in [-0.3, -0.25) is 9.52 Å². The van der Waals surface area contributed by atoms with E-state index in [2.05, 4.69) is 4.72 Å². The number of halogens is 3. The van der Waals surface area contributed by atoms with E-state index in [0.29, 0.717) is 5.56 Å². The molecule has 0 saturated carbocycles. The van der Waals surface area contributed by atoms with Crippen LogP contribution in [0.1, 0.15) is 22.8 Å². The smallest absolute Gasteiger partial charge is 0.295 e. The Morgan fingerprint density at radius 2 is 1.48 bits per heavy atom. The van der Waals surface area contributed by atoms with Gasteiger partial charge in [-0.05, 0) is 43.3 Å². The highest BCUT2D eigenvalue weighted by atomic mass is 32.2. The summed E-state index contributed by atoms with van der Waals surface area (Å²) in [7, 11) is -3.95. The first-order valence-electron chi connectivity index (χ1n) is 6.41. The molecule has 0 aliphatic carbocycles. The van der Waals surface area contributed by atoms with Gasteiger partial charge in [-0.15, -0.1) is 0 Å². The van der Waals surface area contributed by atoms with Crippen molar-refractivity contribution in [1.82, 2.24) is 0 Å². The van der Waals surface area contributed by atoms with E-state index in [4.69, 9.17) is 0 Å². The Morgan fingerprint density at radius 1 is 0.957 bits per heavy atom. The largest absolute Gasteiger partial charge is 0.416 e. The summed E-state index contributed by atoms with van der Waals surface area (Å²) in [4.78, 5) is 11.1. The summed E-state index contributed by atoms with van der Waals surface area (Å²) < 4.78 is 63.9. The van der Waals surface area contributed by atoms with E-state index in [9.17, 15) is 26.4 Å². The predicted molar refractivity (Wildman–Crippen MR) is 78.7 cm³/mol. The molecule has 23 heavy (non-hydrogen) atoms. The molecule has 0 amide bonds. The summed E-state index contributed by atoms with van der Waals surface area (Å²) >= 11 is 0. The molecule has 2 rings (SSSR count). The summed E-state index contributed by atoms with van der Waals surface area (Å²) in [6.45, 7) is 1.35. The molecule has 0 unspecified atom stereocenters. The first-order valence-corrected chi connectivity index (χ1v) is 7.89. The average Bonchev–Trinajstić information content (AvgIpc) is 2.46. The van der Waals surface area contributed by atoms with E-state index in [1.165, 1.54) is 31.2 Å². The quantitative estimate of drug-likeness (QED) is 0.861. The van der Waals surface area contributed by atoms with Gasteiger partial charge in [0.25, 0.3) is 10.0 Å². The number of ketones is 1. The number of alkyl halides is 3. The topological polar surface area (TPSA) is 63.2 Å². The van der Waals surface area contributed by atoms with Gasteiger partial charge in [-0.1, -0.05) is 12.1 Å². The normalized spacial score (nSPS) is 12.0. The van der Waals surface area contributed by atoms with Crippen molar-refractivity contribution in [3.63, 3.8) is 0 Å². The highest BCUT2D eigenvalue weighted by Crippen LogP contribution is 2.30. The van der Waals surface area contributed by atoms with Gasteiger partial charge in [0, 0.05) is 11.3 Å². The Hall–Kier alpha value is -2.35. The molecule has 0 heterocycles. The molecule has 0 aliphatic rings. The molecule has 0 spiro atoms.